The van der Waals surface area contributed by atoms with Gasteiger partial charge in [-0.1, -0.05) is 0 Å². The van der Waals surface area contributed by atoms with Gasteiger partial charge in [0.05, 0.1) is 11.6 Å². The number of carbonyl (C=O) groups is 1. The number of aliphatic imine (C=N–C) groups is 1. The van der Waals surface area contributed by atoms with E-state index in [1.54, 1.807) is 20.8 Å². The average molecular weight is 246 g/mol. The Labute approximate surface area is 105 Å². The zero-order valence-corrected chi connectivity index (χ0v) is 10.5. The number of nitrogens with two attached hydrogens (primary N) is 1. The Kier molecular flexibility index (Phi) is 4.00. The molecule has 0 saturated heterocycles. The number of rotatable bonds is 1. The van der Waals surface area contributed by atoms with Crippen LogP contribution in [0.5, 0.6) is 0 Å². The van der Waals surface area contributed by atoms with Crippen molar-refractivity contribution in [2.45, 2.75) is 26.4 Å². The van der Waals surface area contributed by atoms with Crippen molar-refractivity contribution in [2.24, 2.45) is 10.7 Å². The first-order valence-corrected chi connectivity index (χ1v) is 5.25. The molecule has 0 saturated carbocycles. The number of pyridine rings is 1. The number of amides is 1. The highest BCUT2D eigenvalue weighted by atomic mass is 16.6. The lowest BCUT2D eigenvalue weighted by Crippen LogP contribution is -2.24. The second-order valence-electron chi connectivity index (χ2n) is 4.52. The lowest BCUT2D eigenvalue weighted by molar-refractivity contribution is 0.0604. The van der Waals surface area contributed by atoms with Gasteiger partial charge in [0.2, 0.25) is 0 Å². The molecule has 0 aliphatic rings. The first-order chi connectivity index (χ1) is 8.31. The van der Waals surface area contributed by atoms with Crippen LogP contribution in [-0.4, -0.2) is 22.5 Å². The van der Waals surface area contributed by atoms with Crippen LogP contribution >= 0.6 is 0 Å². The quantitative estimate of drug-likeness (QED) is 0.599. The van der Waals surface area contributed by atoms with Crippen LogP contribution in [0.25, 0.3) is 0 Å². The van der Waals surface area contributed by atoms with Gasteiger partial charge in [-0.15, -0.1) is 0 Å². The highest BCUT2D eigenvalue weighted by Gasteiger charge is 2.16. The zero-order chi connectivity index (χ0) is 13.8. The molecule has 1 aromatic heterocycles. The van der Waals surface area contributed by atoms with Gasteiger partial charge in [0.1, 0.15) is 11.3 Å². The van der Waals surface area contributed by atoms with Crippen LogP contribution in [0, 0.1) is 11.3 Å². The summed E-state index contributed by atoms with van der Waals surface area (Å²) in [7, 11) is 0. The molecule has 94 valence electrons. The van der Waals surface area contributed by atoms with E-state index in [-0.39, 0.29) is 11.5 Å². The van der Waals surface area contributed by atoms with Crippen molar-refractivity contribution in [1.29, 1.82) is 5.26 Å². The molecule has 0 aliphatic heterocycles. The number of aromatic nitrogens is 1. The maximum Gasteiger partial charge on any atom is 0.436 e. The summed E-state index contributed by atoms with van der Waals surface area (Å²) in [5.41, 5.74) is 5.63. The number of hydrogen-bond donors (Lipinski definition) is 1. The maximum absolute atomic E-state index is 11.4. The number of nitriles is 1. The lowest BCUT2D eigenvalue weighted by atomic mass is 10.2. The Bertz CT molecular complexity index is 524. The minimum absolute atomic E-state index is 0.0821. The van der Waals surface area contributed by atoms with Crippen LogP contribution in [0.1, 0.15) is 32.0 Å². The molecule has 6 heteroatoms. The second-order valence-corrected chi connectivity index (χ2v) is 4.52. The Hall–Kier alpha value is -2.42. The van der Waals surface area contributed by atoms with Crippen LogP contribution in [0.4, 0.5) is 4.79 Å². The summed E-state index contributed by atoms with van der Waals surface area (Å²) in [5, 5.41) is 8.73. The molecular formula is C12H14N4O2. The minimum Gasteiger partial charge on any atom is -0.442 e. The van der Waals surface area contributed by atoms with Gasteiger partial charge >= 0.3 is 6.09 Å². The summed E-state index contributed by atoms with van der Waals surface area (Å²) in [5.74, 6) is -0.0821. The van der Waals surface area contributed by atoms with Crippen LogP contribution in [0.3, 0.4) is 0 Å². The minimum atomic E-state index is -0.788. The maximum atomic E-state index is 11.4. The van der Waals surface area contributed by atoms with Gasteiger partial charge in [-0.25, -0.2) is 4.79 Å². The topological polar surface area (TPSA) is 101 Å². The zero-order valence-electron chi connectivity index (χ0n) is 10.5. The molecule has 0 aliphatic carbocycles. The van der Waals surface area contributed by atoms with Crippen LogP contribution < -0.4 is 5.73 Å². The number of amidine groups is 1. The number of nitrogens with zero attached hydrogens (tertiary/aromatic N) is 3. The predicted octanol–water partition coefficient (Wildman–Crippen LogP) is 1.59. The largest absolute Gasteiger partial charge is 0.442 e. The molecular weight excluding hydrogens is 232 g/mol. The fourth-order valence-corrected chi connectivity index (χ4v) is 1.08. The summed E-state index contributed by atoms with van der Waals surface area (Å²) in [6, 6.07) is 4.93. The van der Waals surface area contributed by atoms with Crippen LogP contribution in [-0.2, 0) is 4.74 Å². The Balaban J connectivity index is 2.89. The highest BCUT2D eigenvalue weighted by molar-refractivity contribution is 6.01. The molecule has 0 spiro atoms. The molecule has 0 aromatic carbocycles. The van der Waals surface area contributed by atoms with E-state index in [1.165, 1.54) is 18.3 Å². The summed E-state index contributed by atoms with van der Waals surface area (Å²) in [6.07, 6.45) is 0.634. The Morgan fingerprint density at radius 2 is 2.22 bits per heavy atom. The van der Waals surface area contributed by atoms with Gasteiger partial charge in [-0.05, 0) is 32.9 Å². The van der Waals surface area contributed by atoms with Gasteiger partial charge in [-0.2, -0.15) is 10.3 Å². The van der Waals surface area contributed by atoms with E-state index >= 15 is 0 Å². The van der Waals surface area contributed by atoms with Gasteiger partial charge in [0.15, 0.2) is 5.84 Å². The highest BCUT2D eigenvalue weighted by Crippen LogP contribution is 2.08. The van der Waals surface area contributed by atoms with Gasteiger partial charge in [0, 0.05) is 6.20 Å². The Morgan fingerprint density at radius 3 is 2.78 bits per heavy atom. The SMILES string of the molecule is CC(C)(C)OC(=O)N=C(N)c1cc(C#N)ccn1. The van der Waals surface area contributed by atoms with Crippen LogP contribution in [0.15, 0.2) is 23.3 Å². The standard InChI is InChI=1S/C12H14N4O2/c1-12(2,3)18-11(17)16-10(14)9-6-8(7-13)4-5-15-9/h4-6H,1-3H3,(H2,14,16,17). The molecule has 0 bridgehead atoms. The van der Waals surface area contributed by atoms with E-state index in [0.29, 0.717) is 5.56 Å². The van der Waals surface area contributed by atoms with E-state index in [1.807, 2.05) is 6.07 Å². The molecule has 1 rings (SSSR count). The monoisotopic (exact) mass is 246 g/mol. The number of ether oxygens (including phenoxy) is 1. The third-order valence-electron chi connectivity index (χ3n) is 1.76. The summed E-state index contributed by atoms with van der Waals surface area (Å²) in [4.78, 5) is 18.9. The molecule has 0 atom stereocenters. The van der Waals surface area contributed by atoms with Gasteiger partial charge < -0.3 is 10.5 Å². The third kappa shape index (κ3) is 4.22. The van der Waals surface area contributed by atoms with Crippen molar-refractivity contribution in [3.8, 4) is 6.07 Å². The molecule has 2 N–H and O–H groups in total. The van der Waals surface area contributed by atoms with E-state index in [2.05, 4.69) is 9.98 Å². The normalized spacial score (nSPS) is 11.8. The molecule has 0 fully saturated rings. The molecule has 18 heavy (non-hydrogen) atoms. The molecule has 0 radical (unpaired) electrons. The fourth-order valence-electron chi connectivity index (χ4n) is 1.08. The Morgan fingerprint density at radius 1 is 1.56 bits per heavy atom. The molecule has 1 aromatic rings. The van der Waals surface area contributed by atoms with E-state index < -0.39 is 11.7 Å². The van der Waals surface area contributed by atoms with Crippen molar-refractivity contribution >= 4 is 11.9 Å². The average Bonchev–Trinajstić information content (AvgIpc) is 2.26. The molecule has 0 unspecified atom stereocenters. The van der Waals surface area contributed by atoms with E-state index in [0.717, 1.165) is 0 Å². The van der Waals surface area contributed by atoms with Crippen LogP contribution in [0.2, 0.25) is 0 Å². The number of carbonyl (C=O) groups excluding carboxylic acids is 1. The predicted molar refractivity (Wildman–Crippen MR) is 65.9 cm³/mol. The second kappa shape index (κ2) is 5.27. The summed E-state index contributed by atoms with van der Waals surface area (Å²) < 4.78 is 4.99. The van der Waals surface area contributed by atoms with Crippen molar-refractivity contribution < 1.29 is 9.53 Å². The first kappa shape index (κ1) is 13.6. The fraction of sp³-hybridized carbons (Fsp3) is 0.333. The third-order valence-corrected chi connectivity index (χ3v) is 1.76. The van der Waals surface area contributed by atoms with Gasteiger partial charge in [0.25, 0.3) is 0 Å². The van der Waals surface area contributed by atoms with E-state index in [9.17, 15) is 4.79 Å². The van der Waals surface area contributed by atoms with Crippen molar-refractivity contribution in [1.82, 2.24) is 4.98 Å². The number of hydrogen-bond acceptors (Lipinski definition) is 4. The van der Waals surface area contributed by atoms with Crippen molar-refractivity contribution in [3.05, 3.63) is 29.6 Å². The lowest BCUT2D eigenvalue weighted by Gasteiger charge is -2.17. The molecule has 1 heterocycles. The summed E-state index contributed by atoms with van der Waals surface area (Å²) >= 11 is 0. The molecule has 1 amide bonds. The smallest absolute Gasteiger partial charge is 0.436 e. The van der Waals surface area contributed by atoms with Crippen molar-refractivity contribution in [2.75, 3.05) is 0 Å². The summed E-state index contributed by atoms with van der Waals surface area (Å²) in [6.45, 7) is 5.18. The first-order valence-electron chi connectivity index (χ1n) is 5.25. The van der Waals surface area contributed by atoms with Crippen molar-refractivity contribution in [3.63, 3.8) is 0 Å². The molecule has 6 nitrogen and oxygen atoms in total. The van der Waals surface area contributed by atoms with E-state index in [4.69, 9.17) is 15.7 Å². The van der Waals surface area contributed by atoms with Gasteiger partial charge in [-0.3, -0.25) is 4.98 Å².